The van der Waals surface area contributed by atoms with Crippen LogP contribution in [0.1, 0.15) is 121 Å². The number of carbonyl (C=O) groups excluding carboxylic acids is 4. The molecule has 7 N–H and O–H groups in total. The average Bonchev–Trinajstić information content (AvgIpc) is 3.61. The summed E-state index contributed by atoms with van der Waals surface area (Å²) >= 11 is 5.34. The number of nitrogens with two attached hydrogens (primary N) is 1. The molecule has 1 aromatic carbocycles. The molecule has 0 atom stereocenters. The smallest absolute Gasteiger partial charge is 0.870 e. The van der Waals surface area contributed by atoms with Crippen molar-refractivity contribution in [2.24, 2.45) is 47.2 Å². The number of halogens is 4. The number of alkyl halides is 3. The van der Waals surface area contributed by atoms with Gasteiger partial charge < -0.3 is 46.2 Å². The summed E-state index contributed by atoms with van der Waals surface area (Å²) in [4.78, 5) is 67.8. The number of nitrogens with zero attached hydrogens (tertiary/aromatic N) is 3. The number of esters is 2. The van der Waals surface area contributed by atoms with Crippen molar-refractivity contribution < 1.29 is 110 Å². The van der Waals surface area contributed by atoms with E-state index in [0.717, 1.165) is 81.6 Å². The maximum atomic E-state index is 12.7. The molecule has 71 heavy (non-hydrogen) atoms. The summed E-state index contributed by atoms with van der Waals surface area (Å²) in [6, 6.07) is 7.34. The molecule has 1 aliphatic heterocycles. The molecule has 0 unspecified atom stereocenters. The second-order valence-electron chi connectivity index (χ2n) is 17.4. The number of aliphatic carboxylic acids is 2. The van der Waals surface area contributed by atoms with Crippen LogP contribution in [0.3, 0.4) is 0 Å². The summed E-state index contributed by atoms with van der Waals surface area (Å²) < 4.78 is 59.8. The Morgan fingerprint density at radius 2 is 1.25 bits per heavy atom. The number of aliphatic hydroxyl groups is 1. The molecule has 7 rings (SSSR count). The molecule has 396 valence electrons. The molecule has 0 saturated heterocycles. The van der Waals surface area contributed by atoms with E-state index in [1.165, 1.54) is 6.42 Å². The Labute approximate surface area is 442 Å². The van der Waals surface area contributed by atoms with Gasteiger partial charge in [-0.15, -0.1) is 0 Å². The quantitative estimate of drug-likeness (QED) is 0.149. The second kappa shape index (κ2) is 33.6. The fraction of sp³-hybridized carbons (Fsp3) is 0.674. The number of benzene rings is 1. The Kier molecular flexibility index (Phi) is 31.6. The Balaban J connectivity index is 0.000000949. The van der Waals surface area contributed by atoms with Crippen molar-refractivity contribution in [3.8, 4) is 11.3 Å². The first-order valence-corrected chi connectivity index (χ1v) is 24.2. The van der Waals surface area contributed by atoms with Gasteiger partial charge in [-0.2, -0.15) is 26.7 Å². The van der Waals surface area contributed by atoms with Gasteiger partial charge in [0.2, 0.25) is 0 Å². The van der Waals surface area contributed by atoms with Gasteiger partial charge >= 0.3 is 77.2 Å². The van der Waals surface area contributed by atoms with Gasteiger partial charge in [-0.05, 0) is 101 Å². The normalized spacial score (nSPS) is 22.9. The Morgan fingerprint density at radius 3 is 1.65 bits per heavy atom. The molecule has 4 aliphatic carbocycles. The number of primary amides is 1. The van der Waals surface area contributed by atoms with E-state index in [4.69, 9.17) is 55.3 Å². The molecular weight excluding hydrogens is 994 g/mol. The number of ether oxygens (including phenoxy) is 2. The first kappa shape index (κ1) is 66.9. The van der Waals surface area contributed by atoms with Crippen LogP contribution in [0.5, 0.6) is 0 Å². The van der Waals surface area contributed by atoms with Gasteiger partial charge in [0, 0.05) is 29.8 Å². The van der Waals surface area contributed by atoms with Crippen LogP contribution >= 0.6 is 11.6 Å². The minimum atomic E-state index is -5.08. The van der Waals surface area contributed by atoms with Crippen LogP contribution in [0.4, 0.5) is 18.0 Å². The van der Waals surface area contributed by atoms with Crippen molar-refractivity contribution in [3.63, 3.8) is 0 Å². The summed E-state index contributed by atoms with van der Waals surface area (Å²) in [6.07, 6.45) is 6.02. The van der Waals surface area contributed by atoms with Crippen LogP contribution in [0.25, 0.3) is 11.3 Å². The SMILES string of the molecule is CCC1CC(C(=O)O)C1.CCC1CC(NC(=O)N2CCn3nc(-c4cccc(Cl)c4)c(C(N)=O)c3C2)C1.CCOC(=O)C1CC(CC)C1.CCOC(=O)C1CC(CO)C1.O=C(O)C(F)(F)F.O=S=O.[Na+].[OH-]. The van der Waals surface area contributed by atoms with Gasteiger partial charge in [-0.1, -0.05) is 63.8 Å². The summed E-state index contributed by atoms with van der Waals surface area (Å²) in [5.41, 5.74) is 7.95. The Bertz CT molecular complexity index is 2010. The minimum Gasteiger partial charge on any atom is -0.870 e. The summed E-state index contributed by atoms with van der Waals surface area (Å²) in [7, 11) is 0. The van der Waals surface area contributed by atoms with Gasteiger partial charge in [0.25, 0.3) is 5.91 Å². The van der Waals surface area contributed by atoms with Crippen LogP contribution in [0.15, 0.2) is 24.3 Å². The maximum Gasteiger partial charge on any atom is 1.00 e. The third kappa shape index (κ3) is 21.9. The number of carboxylic acids is 2. The first-order valence-electron chi connectivity index (χ1n) is 23.2. The molecule has 4 fully saturated rings. The monoisotopic (exact) mass is 1060 g/mol. The topological polar surface area (TPSA) is 305 Å². The molecule has 25 heteroatoms. The number of aliphatic hydroxyl groups excluding tert-OH is 1. The third-order valence-electron chi connectivity index (χ3n) is 12.7. The maximum absolute atomic E-state index is 12.7. The van der Waals surface area contributed by atoms with Gasteiger partial charge in [-0.25, -0.2) is 9.59 Å². The van der Waals surface area contributed by atoms with E-state index in [0.29, 0.717) is 66.7 Å². The fourth-order valence-corrected chi connectivity index (χ4v) is 8.36. The van der Waals surface area contributed by atoms with E-state index >= 15 is 0 Å². The predicted molar refractivity (Wildman–Crippen MR) is 249 cm³/mol. The number of carbonyl (C=O) groups is 6. The van der Waals surface area contributed by atoms with Gasteiger partial charge in [0.1, 0.15) is 5.69 Å². The van der Waals surface area contributed by atoms with Crippen LogP contribution in [-0.4, -0.2) is 118 Å². The molecule has 2 aromatic rings. The Morgan fingerprint density at radius 1 is 0.803 bits per heavy atom. The Hall–Kier alpha value is -4.13. The first-order chi connectivity index (χ1) is 32.6. The molecule has 4 saturated carbocycles. The van der Waals surface area contributed by atoms with Crippen LogP contribution in [-0.2, 0) is 53.3 Å². The zero-order valence-electron chi connectivity index (χ0n) is 41.2. The number of nitrogens with one attached hydrogen (secondary N) is 1. The molecule has 0 bridgehead atoms. The van der Waals surface area contributed by atoms with Crippen molar-refractivity contribution in [2.45, 2.75) is 131 Å². The molecule has 0 radical (unpaired) electrons. The molecule has 0 spiro atoms. The van der Waals surface area contributed by atoms with E-state index in [1.54, 1.807) is 28.6 Å². The minimum absolute atomic E-state index is 0. The molecule has 1 aromatic heterocycles. The van der Waals surface area contributed by atoms with Gasteiger partial charge in [0.15, 0.2) is 0 Å². The van der Waals surface area contributed by atoms with Crippen LogP contribution in [0, 0.1) is 41.4 Å². The van der Waals surface area contributed by atoms with Gasteiger partial charge in [-0.3, -0.25) is 23.9 Å². The predicted octanol–water partition coefficient (Wildman–Crippen LogP) is 3.87. The summed E-state index contributed by atoms with van der Waals surface area (Å²) in [5, 5.41) is 32.5. The number of aromatic nitrogens is 2. The number of hydrogen-bond donors (Lipinski definition) is 5. The second-order valence-corrected chi connectivity index (χ2v) is 18.0. The number of rotatable bonds is 12. The average molecular weight is 1060 g/mol. The summed E-state index contributed by atoms with van der Waals surface area (Å²) in [6.45, 7) is 12.7. The molecule has 2 heterocycles. The number of fused-ring (bicyclic) bond motifs is 1. The van der Waals surface area contributed by atoms with Crippen molar-refractivity contribution in [1.29, 1.82) is 0 Å². The largest absolute Gasteiger partial charge is 1.00 e. The van der Waals surface area contributed by atoms with Crippen molar-refractivity contribution in [1.82, 2.24) is 20.0 Å². The van der Waals surface area contributed by atoms with E-state index in [9.17, 15) is 37.1 Å². The van der Waals surface area contributed by atoms with E-state index in [-0.39, 0.29) is 83.4 Å². The van der Waals surface area contributed by atoms with E-state index < -0.39 is 35.6 Å². The van der Waals surface area contributed by atoms with E-state index in [1.807, 2.05) is 19.1 Å². The number of urea groups is 1. The van der Waals surface area contributed by atoms with Crippen molar-refractivity contribution in [3.05, 3.63) is 40.5 Å². The molecule has 19 nitrogen and oxygen atoms in total. The van der Waals surface area contributed by atoms with Gasteiger partial charge in [0.05, 0.1) is 55.3 Å². The van der Waals surface area contributed by atoms with E-state index in [2.05, 4.69) is 31.2 Å². The third-order valence-corrected chi connectivity index (χ3v) is 12.9. The number of amides is 3. The molecular formula is C46H68ClF3N5NaO14S. The van der Waals surface area contributed by atoms with Crippen LogP contribution < -0.4 is 40.6 Å². The standard InChI is InChI=1S/C20H24ClN5O2.C9H16O2.C8H14O3.C7H12O2.C2HF3O2.Na.O2S.H2O/c1-2-12-8-15(9-12)23-20(28)25-6-7-26-16(11-25)17(19(22)27)18(24-26)13-4-3-5-14(21)10-13;1-3-7-5-8(6-7)9(10)11-4-2;1-2-11-8(10)7-3-6(4-7)5-9;1-2-5-3-6(4-5)7(8)9;3-2(4,5)1(6)7;;1-3-2;/h3-5,10,12,15H,2,6-9,11H2,1H3,(H2,22,27)(H,23,28);7-8H,3-6H2,1-2H3;6-7,9H,2-5H2,1H3;5-6H,2-4H2,1H3,(H,8,9);(H,6,7);;;1H2/q;;;;;+1;;/p-1. The number of carboxylic acid groups (broad SMARTS) is 2. The van der Waals surface area contributed by atoms with Crippen LogP contribution in [0.2, 0.25) is 5.02 Å². The van der Waals surface area contributed by atoms with Crippen molar-refractivity contribution >= 4 is 59.0 Å². The van der Waals surface area contributed by atoms with Crippen molar-refractivity contribution in [2.75, 3.05) is 26.4 Å². The zero-order valence-corrected chi connectivity index (χ0v) is 44.7. The summed E-state index contributed by atoms with van der Waals surface area (Å²) in [5.74, 6) is -1.21. The fourth-order valence-electron chi connectivity index (χ4n) is 8.17. The molecule has 3 amide bonds. The molecule has 5 aliphatic rings. The zero-order chi connectivity index (χ0) is 52.0. The number of hydrogen-bond acceptors (Lipinski definition) is 13.